The molecule has 0 saturated carbocycles. The molecule has 1 atom stereocenters. The summed E-state index contributed by atoms with van der Waals surface area (Å²) in [5.41, 5.74) is 5.04. The fraction of sp³-hybridized carbons (Fsp3) is 0.406. The summed E-state index contributed by atoms with van der Waals surface area (Å²) >= 11 is 0. The summed E-state index contributed by atoms with van der Waals surface area (Å²) in [4.78, 5) is 39.6. The van der Waals surface area contributed by atoms with Crippen molar-refractivity contribution in [1.29, 1.82) is 0 Å². The Morgan fingerprint density at radius 1 is 1.00 bits per heavy atom. The van der Waals surface area contributed by atoms with E-state index in [9.17, 15) is 14.4 Å². The van der Waals surface area contributed by atoms with Crippen LogP contribution in [0.5, 0.6) is 0 Å². The highest BCUT2D eigenvalue weighted by Gasteiger charge is 2.33. The van der Waals surface area contributed by atoms with Crippen molar-refractivity contribution >= 4 is 35.1 Å². The van der Waals surface area contributed by atoms with E-state index >= 15 is 0 Å². The number of aromatic nitrogens is 1. The Morgan fingerprint density at radius 3 is 2.37 bits per heavy atom. The number of carbonyl (C=O) groups is 3. The van der Waals surface area contributed by atoms with E-state index in [-0.39, 0.29) is 12.1 Å². The van der Waals surface area contributed by atoms with Gasteiger partial charge < -0.3 is 14.4 Å². The quantitative estimate of drug-likeness (QED) is 0.221. The van der Waals surface area contributed by atoms with Crippen LogP contribution in [-0.2, 0) is 33.5 Å². The van der Waals surface area contributed by atoms with E-state index in [0.29, 0.717) is 25.8 Å². The number of hydrogen-bond acceptors (Lipinski definition) is 6. The SMILES string of the molecule is CC(C)(C)OC(=O)N(CCc1cn(C(=O)OC(C)(C)C)c2ccccc12)C1Cc2ccc(/C=C/C(=O)NO)cc2C1. The van der Waals surface area contributed by atoms with E-state index in [2.05, 4.69) is 0 Å². The largest absolute Gasteiger partial charge is 0.444 e. The number of rotatable bonds is 6. The molecular formula is C32H39N3O6. The van der Waals surface area contributed by atoms with Crippen LogP contribution in [0.4, 0.5) is 9.59 Å². The van der Waals surface area contributed by atoms with Gasteiger partial charge in [0.1, 0.15) is 11.2 Å². The van der Waals surface area contributed by atoms with Crippen molar-refractivity contribution in [2.75, 3.05) is 6.54 Å². The van der Waals surface area contributed by atoms with Crippen molar-refractivity contribution in [3.63, 3.8) is 0 Å². The van der Waals surface area contributed by atoms with Gasteiger partial charge in [-0.1, -0.05) is 36.4 Å². The molecule has 0 spiro atoms. The Hall–Kier alpha value is -4.11. The predicted octanol–water partition coefficient (Wildman–Crippen LogP) is 5.89. The molecule has 41 heavy (non-hydrogen) atoms. The van der Waals surface area contributed by atoms with Crippen LogP contribution in [0.15, 0.2) is 54.7 Å². The smallest absolute Gasteiger partial charge is 0.419 e. The molecule has 1 aliphatic carbocycles. The second-order valence-corrected chi connectivity index (χ2v) is 12.3. The first-order valence-corrected chi connectivity index (χ1v) is 13.8. The predicted molar refractivity (Wildman–Crippen MR) is 157 cm³/mol. The van der Waals surface area contributed by atoms with Crippen LogP contribution in [0, 0.1) is 0 Å². The molecule has 1 unspecified atom stereocenters. The molecule has 4 rings (SSSR count). The molecule has 0 saturated heterocycles. The molecule has 1 heterocycles. The second-order valence-electron chi connectivity index (χ2n) is 12.3. The van der Waals surface area contributed by atoms with Crippen LogP contribution in [-0.4, -0.2) is 56.6 Å². The van der Waals surface area contributed by atoms with E-state index in [4.69, 9.17) is 14.7 Å². The number of carbonyl (C=O) groups excluding carboxylic acids is 3. The minimum atomic E-state index is -0.654. The van der Waals surface area contributed by atoms with Crippen molar-refractivity contribution < 1.29 is 29.1 Å². The van der Waals surface area contributed by atoms with Crippen molar-refractivity contribution in [2.45, 2.75) is 78.0 Å². The minimum absolute atomic E-state index is 0.112. The van der Waals surface area contributed by atoms with Crippen molar-refractivity contribution in [2.24, 2.45) is 0 Å². The van der Waals surface area contributed by atoms with E-state index < -0.39 is 23.2 Å². The molecule has 218 valence electrons. The molecule has 0 fully saturated rings. The van der Waals surface area contributed by atoms with Crippen LogP contribution >= 0.6 is 0 Å². The van der Waals surface area contributed by atoms with Crippen molar-refractivity contribution in [3.8, 4) is 0 Å². The van der Waals surface area contributed by atoms with Crippen LogP contribution in [0.25, 0.3) is 17.0 Å². The molecule has 9 nitrogen and oxygen atoms in total. The maximum absolute atomic E-state index is 13.5. The highest BCUT2D eigenvalue weighted by molar-refractivity contribution is 5.92. The Labute approximate surface area is 240 Å². The Bertz CT molecular complexity index is 1470. The number of benzene rings is 2. The highest BCUT2D eigenvalue weighted by Crippen LogP contribution is 2.30. The van der Waals surface area contributed by atoms with Crippen molar-refractivity contribution in [3.05, 3.63) is 77.0 Å². The van der Waals surface area contributed by atoms with Gasteiger partial charge in [-0.2, -0.15) is 0 Å². The standard InChI is InChI=1S/C32H39N3O6/c1-31(2,3)40-29(37)34(25-18-22-13-11-21(17-24(22)19-25)12-14-28(36)33-39)16-15-23-20-35(30(38)41-32(4,5)6)27-10-8-7-9-26(23)27/h7-14,17,20,25,39H,15-16,18-19H2,1-6H3,(H,33,36)/b14-12+. The van der Waals surface area contributed by atoms with Crippen LogP contribution in [0.3, 0.4) is 0 Å². The van der Waals surface area contributed by atoms with Gasteiger partial charge in [0.05, 0.1) is 5.52 Å². The number of nitrogens with one attached hydrogen (secondary N) is 1. The lowest BCUT2D eigenvalue weighted by Crippen LogP contribution is -2.45. The fourth-order valence-electron chi connectivity index (χ4n) is 5.04. The second kappa shape index (κ2) is 11.8. The normalized spacial score (nSPS) is 15.1. The molecule has 2 aromatic carbocycles. The van der Waals surface area contributed by atoms with Crippen molar-refractivity contribution in [1.82, 2.24) is 14.9 Å². The summed E-state index contributed by atoms with van der Waals surface area (Å²) in [7, 11) is 0. The summed E-state index contributed by atoms with van der Waals surface area (Å²) < 4.78 is 13.0. The Balaban J connectivity index is 1.58. The molecule has 0 bridgehead atoms. The van der Waals surface area contributed by atoms with Gasteiger partial charge in [-0.05, 0) is 95.2 Å². The van der Waals surface area contributed by atoms with Gasteiger partial charge >= 0.3 is 12.2 Å². The summed E-state index contributed by atoms with van der Waals surface area (Å²) in [5, 5.41) is 9.67. The molecule has 2 N–H and O–H groups in total. The highest BCUT2D eigenvalue weighted by atomic mass is 16.6. The molecule has 3 aromatic rings. The average Bonchev–Trinajstić information content (AvgIpc) is 3.46. The summed E-state index contributed by atoms with van der Waals surface area (Å²) in [5.74, 6) is -0.604. The third kappa shape index (κ3) is 7.55. The van der Waals surface area contributed by atoms with Gasteiger partial charge in [-0.15, -0.1) is 0 Å². The van der Waals surface area contributed by atoms with Crippen LogP contribution in [0.2, 0.25) is 0 Å². The molecule has 0 aliphatic heterocycles. The summed E-state index contributed by atoms with van der Waals surface area (Å²) in [6, 6.07) is 13.5. The van der Waals surface area contributed by atoms with Gasteiger partial charge in [-0.25, -0.2) is 15.1 Å². The number of hydroxylamine groups is 1. The number of para-hydroxylation sites is 1. The monoisotopic (exact) mass is 561 g/mol. The number of nitrogens with zero attached hydrogens (tertiary/aromatic N) is 2. The van der Waals surface area contributed by atoms with Gasteiger partial charge in [0.2, 0.25) is 0 Å². The maximum Gasteiger partial charge on any atom is 0.419 e. The van der Waals surface area contributed by atoms with E-state index in [1.165, 1.54) is 10.6 Å². The summed E-state index contributed by atoms with van der Waals surface area (Å²) in [6.07, 6.45) is 5.70. The number of ether oxygens (including phenoxy) is 2. The zero-order chi connectivity index (χ0) is 29.9. The summed E-state index contributed by atoms with van der Waals surface area (Å²) in [6.45, 7) is 11.5. The maximum atomic E-state index is 13.5. The Morgan fingerprint density at radius 2 is 1.68 bits per heavy atom. The van der Waals surface area contributed by atoms with Gasteiger partial charge in [0.25, 0.3) is 5.91 Å². The fourth-order valence-corrected chi connectivity index (χ4v) is 5.04. The molecular weight excluding hydrogens is 522 g/mol. The number of amides is 2. The van der Waals surface area contributed by atoms with E-state index in [1.807, 2.05) is 84.0 Å². The lowest BCUT2D eigenvalue weighted by Gasteiger charge is -2.31. The molecule has 9 heteroatoms. The third-order valence-electron chi connectivity index (χ3n) is 6.75. The lowest BCUT2D eigenvalue weighted by atomic mass is 10.1. The zero-order valence-electron chi connectivity index (χ0n) is 24.6. The van der Waals surface area contributed by atoms with Crippen LogP contribution < -0.4 is 5.48 Å². The first-order valence-electron chi connectivity index (χ1n) is 13.8. The first kappa shape index (κ1) is 29.9. The van der Waals surface area contributed by atoms with E-state index in [1.54, 1.807) is 22.7 Å². The first-order chi connectivity index (χ1) is 19.2. The van der Waals surface area contributed by atoms with Gasteiger partial charge in [-0.3, -0.25) is 14.6 Å². The van der Waals surface area contributed by atoms with E-state index in [0.717, 1.165) is 33.2 Å². The molecule has 0 radical (unpaired) electrons. The molecule has 1 aliphatic rings. The zero-order valence-corrected chi connectivity index (χ0v) is 24.6. The molecule has 1 aromatic heterocycles. The average molecular weight is 562 g/mol. The Kier molecular flexibility index (Phi) is 8.58. The van der Waals surface area contributed by atoms with Crippen LogP contribution in [0.1, 0.15) is 63.8 Å². The van der Waals surface area contributed by atoms with Gasteiger partial charge in [0.15, 0.2) is 0 Å². The molecule has 2 amide bonds. The number of fused-ring (bicyclic) bond motifs is 2. The minimum Gasteiger partial charge on any atom is -0.444 e. The third-order valence-corrected chi connectivity index (χ3v) is 6.75. The van der Waals surface area contributed by atoms with Gasteiger partial charge in [0, 0.05) is 30.2 Å². The lowest BCUT2D eigenvalue weighted by molar-refractivity contribution is -0.124. The topological polar surface area (TPSA) is 110 Å². The number of hydrogen-bond donors (Lipinski definition) is 2.